The summed E-state index contributed by atoms with van der Waals surface area (Å²) in [5, 5.41) is 7.03. The van der Waals surface area contributed by atoms with Crippen LogP contribution in [-0.4, -0.2) is 74.0 Å². The minimum atomic E-state index is -1.04. The normalized spacial score (nSPS) is 28.2. The number of nitrogens with zero attached hydrogens (tertiary/aromatic N) is 9. The predicted octanol–water partition coefficient (Wildman–Crippen LogP) is 8.62. The average molecular weight is 1020 g/mol. The van der Waals surface area contributed by atoms with Crippen LogP contribution < -0.4 is 15.1 Å². The van der Waals surface area contributed by atoms with E-state index in [0.717, 1.165) is 41.0 Å². The quantitative estimate of drug-likeness (QED) is 0.163. The summed E-state index contributed by atoms with van der Waals surface area (Å²) in [4.78, 5) is 92.2. The van der Waals surface area contributed by atoms with Gasteiger partial charge < -0.3 is 19.4 Å². The van der Waals surface area contributed by atoms with E-state index < -0.39 is 28.1 Å². The third-order valence-corrected chi connectivity index (χ3v) is 16.6. The van der Waals surface area contributed by atoms with Crippen molar-refractivity contribution in [1.82, 2.24) is 30.4 Å². The van der Waals surface area contributed by atoms with Crippen LogP contribution >= 0.6 is 0 Å². The SMILES string of the molecule is C.C[C@@H]1c2oncc2C[C@]2(c3ccccc3)C(=O)NCC[C@@H]12.[C-]#[N+]C1=C[C@@]2(c3ccccc3)C(=O)N(c3ccncn3)CC[C@@H]2[C@@H](C)C1=O.[C-]#[N+]C1=C[C@]2(c3ccccc3)C(=O)N(c3ccncn3)CC[C@H]2[C@H](C)C1=O. The number of fused-ring (bicyclic) bond motifs is 4. The summed E-state index contributed by atoms with van der Waals surface area (Å²) in [6, 6.07) is 32.5. The molecule has 384 valence electrons. The summed E-state index contributed by atoms with van der Waals surface area (Å²) < 4.78 is 5.45. The van der Waals surface area contributed by atoms with Crippen LogP contribution in [0.15, 0.2) is 162 Å². The van der Waals surface area contributed by atoms with Crippen LogP contribution in [0.25, 0.3) is 9.69 Å². The molecule has 0 bridgehead atoms. The Kier molecular flexibility index (Phi) is 14.6. The van der Waals surface area contributed by atoms with Gasteiger partial charge in [0.25, 0.3) is 0 Å². The zero-order chi connectivity index (χ0) is 52.5. The lowest BCUT2D eigenvalue weighted by Crippen LogP contribution is -2.60. The van der Waals surface area contributed by atoms with E-state index in [1.54, 1.807) is 52.7 Å². The molecule has 0 unspecified atom stereocenters. The van der Waals surface area contributed by atoms with Crippen LogP contribution in [-0.2, 0) is 46.6 Å². The number of ketones is 2. The molecular weight excluding hydrogens is 957 g/mol. The molecule has 0 radical (unpaired) electrons. The van der Waals surface area contributed by atoms with Crippen molar-refractivity contribution in [3.63, 3.8) is 0 Å². The summed E-state index contributed by atoms with van der Waals surface area (Å²) in [6.45, 7) is 22.4. The number of hydrogen-bond donors (Lipinski definition) is 1. The van der Waals surface area contributed by atoms with E-state index in [4.69, 9.17) is 17.7 Å². The highest BCUT2D eigenvalue weighted by Gasteiger charge is 2.59. The highest BCUT2D eigenvalue weighted by molar-refractivity contribution is 6.10. The molecule has 3 aliphatic heterocycles. The van der Waals surface area contributed by atoms with E-state index in [1.165, 1.54) is 12.7 Å². The van der Waals surface area contributed by atoms with Crippen LogP contribution in [0, 0.1) is 42.7 Å². The molecule has 6 aromatic rings. The lowest BCUT2D eigenvalue weighted by atomic mass is 9.56. The molecule has 3 saturated heterocycles. The number of anilines is 2. The fourth-order valence-electron chi connectivity index (χ4n) is 13.0. The van der Waals surface area contributed by atoms with Gasteiger partial charge in [-0.25, -0.2) is 29.6 Å². The van der Waals surface area contributed by atoms with Gasteiger partial charge in [0, 0.05) is 55.3 Å². The van der Waals surface area contributed by atoms with Gasteiger partial charge in [-0.2, -0.15) is 0 Å². The molecule has 1 N–H and O–H groups in total. The Morgan fingerprint density at radius 2 is 1.07 bits per heavy atom. The third-order valence-electron chi connectivity index (χ3n) is 16.6. The monoisotopic (exact) mass is 1010 g/mol. The number of piperidine rings is 3. The zero-order valence-electron chi connectivity index (χ0n) is 41.7. The molecule has 3 amide bonds. The van der Waals surface area contributed by atoms with E-state index in [0.29, 0.717) is 44.0 Å². The third kappa shape index (κ3) is 8.47. The maximum atomic E-state index is 13.8. The second kappa shape index (κ2) is 21.2. The molecule has 76 heavy (non-hydrogen) atoms. The Hall–Kier alpha value is -8.76. The smallest absolute Gasteiger partial charge is 0.241 e. The predicted molar refractivity (Wildman–Crippen MR) is 284 cm³/mol. The number of aromatic nitrogens is 5. The van der Waals surface area contributed by atoms with Crippen molar-refractivity contribution in [3.05, 3.63) is 209 Å². The van der Waals surface area contributed by atoms with Crippen LogP contribution in [0.3, 0.4) is 0 Å². The second-order valence-electron chi connectivity index (χ2n) is 20.1. The lowest BCUT2D eigenvalue weighted by Gasteiger charge is -2.49. The number of nitrogens with one attached hydrogen (secondary N) is 1. The van der Waals surface area contributed by atoms with E-state index in [9.17, 15) is 24.0 Å². The summed E-state index contributed by atoms with van der Waals surface area (Å²) in [5.74, 6) is 0.820. The molecular formula is C60H58N10O6. The number of allylic oxidation sites excluding steroid dienone is 2. The number of carbonyl (C=O) groups is 5. The second-order valence-corrected chi connectivity index (χ2v) is 20.1. The molecule has 0 spiro atoms. The van der Waals surface area contributed by atoms with Gasteiger partial charge in [0.15, 0.2) is 11.6 Å². The molecule has 3 aromatic carbocycles. The van der Waals surface area contributed by atoms with E-state index >= 15 is 0 Å². The van der Waals surface area contributed by atoms with E-state index in [-0.39, 0.29) is 71.8 Å². The van der Waals surface area contributed by atoms with Crippen molar-refractivity contribution in [2.24, 2.45) is 29.6 Å². The molecule has 12 rings (SSSR count). The molecule has 9 atom stereocenters. The van der Waals surface area contributed by atoms with Crippen molar-refractivity contribution in [2.75, 3.05) is 29.4 Å². The van der Waals surface area contributed by atoms with Crippen molar-refractivity contribution in [2.45, 2.75) is 76.0 Å². The number of amides is 3. The molecule has 3 fully saturated rings. The average Bonchev–Trinajstić information content (AvgIpc) is 3.95. The molecule has 6 heterocycles. The van der Waals surface area contributed by atoms with Crippen LogP contribution in [0.5, 0.6) is 0 Å². The van der Waals surface area contributed by atoms with Crippen molar-refractivity contribution in [3.8, 4) is 0 Å². The first-order chi connectivity index (χ1) is 36.4. The molecule has 6 aliphatic rings. The lowest BCUT2D eigenvalue weighted by molar-refractivity contribution is -0.133. The van der Waals surface area contributed by atoms with Gasteiger partial charge in [0.05, 0.1) is 35.6 Å². The van der Waals surface area contributed by atoms with Crippen LogP contribution in [0.1, 0.15) is 81.4 Å². The van der Waals surface area contributed by atoms with Crippen LogP contribution in [0.2, 0.25) is 0 Å². The maximum absolute atomic E-state index is 13.8. The summed E-state index contributed by atoms with van der Waals surface area (Å²) in [7, 11) is 0. The Morgan fingerprint density at radius 1 is 0.605 bits per heavy atom. The minimum absolute atomic E-state index is 0. The fourth-order valence-corrected chi connectivity index (χ4v) is 13.0. The zero-order valence-corrected chi connectivity index (χ0v) is 41.7. The van der Waals surface area contributed by atoms with E-state index in [1.807, 2.05) is 92.7 Å². The fraction of sp³-hybridized carbons (Fsp3) is 0.333. The van der Waals surface area contributed by atoms with Gasteiger partial charge in [-0.05, 0) is 72.3 Å². The highest BCUT2D eigenvalue weighted by Crippen LogP contribution is 2.53. The number of benzene rings is 3. The van der Waals surface area contributed by atoms with Gasteiger partial charge in [-0.3, -0.25) is 24.2 Å². The number of carbonyl (C=O) groups excluding carboxylic acids is 5. The number of Topliss-reactive ketones (excluding diaryl/α,β-unsaturated/α-hetero) is 2. The summed E-state index contributed by atoms with van der Waals surface area (Å²) in [6.07, 6.45) is 13.9. The summed E-state index contributed by atoms with van der Waals surface area (Å²) in [5.41, 5.74) is 1.29. The topological polar surface area (TPSA) is 190 Å². The molecule has 0 saturated carbocycles. The first-order valence-corrected chi connectivity index (χ1v) is 25.3. The summed E-state index contributed by atoms with van der Waals surface area (Å²) >= 11 is 0. The highest BCUT2D eigenvalue weighted by atomic mass is 16.5. The maximum Gasteiger partial charge on any atom is 0.241 e. The van der Waals surface area contributed by atoms with Gasteiger partial charge in [0.1, 0.15) is 30.1 Å². The van der Waals surface area contributed by atoms with Crippen molar-refractivity contribution >= 4 is 40.9 Å². The molecule has 3 aromatic heterocycles. The largest absolute Gasteiger partial charge is 0.361 e. The molecule has 16 nitrogen and oxygen atoms in total. The van der Waals surface area contributed by atoms with Crippen LogP contribution in [0.4, 0.5) is 11.6 Å². The number of rotatable bonds is 5. The molecule has 3 aliphatic carbocycles. The Balaban J connectivity index is 0.000000140. The van der Waals surface area contributed by atoms with Crippen molar-refractivity contribution < 1.29 is 28.5 Å². The van der Waals surface area contributed by atoms with Gasteiger partial charge >= 0.3 is 0 Å². The Labute approximate surface area is 442 Å². The minimum Gasteiger partial charge on any atom is -0.361 e. The van der Waals surface area contributed by atoms with Crippen molar-refractivity contribution in [1.29, 1.82) is 0 Å². The van der Waals surface area contributed by atoms with Gasteiger partial charge in [-0.1, -0.05) is 137 Å². The Morgan fingerprint density at radius 3 is 1.50 bits per heavy atom. The molecule has 16 heteroatoms. The first kappa shape index (κ1) is 52.1. The van der Waals surface area contributed by atoms with Gasteiger partial charge in [-0.15, -0.1) is 0 Å². The Bertz CT molecular complexity index is 3140. The van der Waals surface area contributed by atoms with E-state index in [2.05, 4.69) is 59.2 Å². The standard InChI is InChI=1S/2C21H18N4O2.C17H18N2O2.CH4/c2*1-14-16-9-11-25(18-8-10-23-13-24-18)20(27)21(16,12-17(22-2)19(14)26)15-6-4-3-5-7-15;1-11-14-7-8-18-16(20)17(14,13-5-3-2-4-6-13)9-12-10-19-21-15(11)12;/h2*3-8,10,12-14,16H,9,11H2,1H3;2-6,10-11,14H,7-9H2,1H3,(H,18,20);1H4/t2*14-,16-,21+;11-,14-,17+;/m100./s1. The number of hydrogen-bond acceptors (Lipinski definition) is 11. The first-order valence-electron chi connectivity index (χ1n) is 25.3. The van der Waals surface area contributed by atoms with Gasteiger partial charge in [0.2, 0.25) is 29.1 Å².